The molecule has 378 valence electrons. The van der Waals surface area contributed by atoms with Gasteiger partial charge in [-0.3, -0.25) is 9.59 Å². The number of carbonyl (C=O) groups excluding carboxylic acids is 2. The lowest BCUT2D eigenvalue weighted by molar-refractivity contribution is -0.511. The van der Waals surface area contributed by atoms with E-state index in [-0.39, 0.29) is 20.9 Å². The van der Waals surface area contributed by atoms with Gasteiger partial charge in [-0.05, 0) is 128 Å². The molecule has 0 fully saturated rings. The zero-order valence-electron chi connectivity index (χ0n) is 40.5. The van der Waals surface area contributed by atoms with E-state index in [1.165, 1.54) is 42.8 Å². The Morgan fingerprint density at radius 2 is 0.919 bits per heavy atom. The smallest absolute Gasteiger partial charge is 0.286 e. The number of nitrogens with one attached hydrogen (secondary N) is 2. The fraction of sp³-hybridized carbons (Fsp3) is 0.111. The van der Waals surface area contributed by atoms with Crippen molar-refractivity contribution in [2.75, 3.05) is 0 Å². The SMILES string of the molecule is Cc1ccc(S(=O)(=O)[O-])cc1.Cc1ccc(S(=O)(=O)[O-])cc1.Cn1c(COc2ccc(/C=N/NC(=O)c3cccc(C(=O)N/N=C/c4ccc(OCc5c[n+]6ccccc6n5C)cc4)c3)cc2)c[n+]2ccccc12. The molecule has 18 nitrogen and oxygen atoms in total. The normalized spacial score (nSPS) is 11.4. The third kappa shape index (κ3) is 14.6. The number of amides is 2. The molecular weight excluding hydrogens is 985 g/mol. The van der Waals surface area contributed by atoms with Crippen molar-refractivity contribution in [3.05, 3.63) is 227 Å². The average molecular weight is 1040 g/mol. The van der Waals surface area contributed by atoms with Crippen LogP contribution in [0.1, 0.15) is 54.4 Å². The van der Waals surface area contributed by atoms with E-state index in [0.29, 0.717) is 24.7 Å². The fourth-order valence-corrected chi connectivity index (χ4v) is 7.96. The Morgan fingerprint density at radius 3 is 1.27 bits per heavy atom. The Kier molecular flexibility index (Phi) is 17.2. The van der Waals surface area contributed by atoms with Crippen molar-refractivity contribution in [3.8, 4) is 11.5 Å². The minimum Gasteiger partial charge on any atom is -0.744 e. The van der Waals surface area contributed by atoms with Crippen LogP contribution in [0.3, 0.4) is 0 Å². The van der Waals surface area contributed by atoms with Gasteiger partial charge < -0.3 is 18.6 Å². The second-order valence-electron chi connectivity index (χ2n) is 16.5. The Bertz CT molecular complexity index is 3450. The lowest BCUT2D eigenvalue weighted by Gasteiger charge is -2.05. The van der Waals surface area contributed by atoms with Crippen molar-refractivity contribution in [2.24, 2.45) is 24.3 Å². The summed E-state index contributed by atoms with van der Waals surface area (Å²) in [5, 5.41) is 8.15. The summed E-state index contributed by atoms with van der Waals surface area (Å²) in [5.74, 6) is 0.518. The molecule has 0 unspecified atom stereocenters. The molecule has 0 spiro atoms. The number of pyridine rings is 2. The minimum atomic E-state index is -4.27. The summed E-state index contributed by atoms with van der Waals surface area (Å²) in [6.07, 6.45) is 11.2. The molecular formula is C54H50N8O10S2. The van der Waals surface area contributed by atoms with Gasteiger partial charge >= 0.3 is 0 Å². The number of hydrogen-bond acceptors (Lipinski definition) is 12. The van der Waals surface area contributed by atoms with Crippen molar-refractivity contribution < 1.29 is 53.8 Å². The van der Waals surface area contributed by atoms with Crippen LogP contribution in [-0.2, 0) is 47.5 Å². The van der Waals surface area contributed by atoms with Crippen molar-refractivity contribution in [1.29, 1.82) is 0 Å². The number of imidazole rings is 2. The van der Waals surface area contributed by atoms with Crippen LogP contribution in [-0.4, -0.2) is 59.3 Å². The maximum Gasteiger partial charge on any atom is 0.286 e. The summed E-state index contributed by atoms with van der Waals surface area (Å²) >= 11 is 0. The van der Waals surface area contributed by atoms with Gasteiger partial charge in [0.25, 0.3) is 23.1 Å². The summed E-state index contributed by atoms with van der Waals surface area (Å²) in [6, 6.07) is 44.7. The molecule has 0 saturated heterocycles. The van der Waals surface area contributed by atoms with Gasteiger partial charge in [0.2, 0.25) is 0 Å². The van der Waals surface area contributed by atoms with Crippen LogP contribution < -0.4 is 29.1 Å². The van der Waals surface area contributed by atoms with Gasteiger partial charge in [0.05, 0.1) is 48.7 Å². The molecule has 0 aliphatic rings. The van der Waals surface area contributed by atoms with Gasteiger partial charge in [-0.25, -0.2) is 45.6 Å². The van der Waals surface area contributed by atoms with Gasteiger partial charge in [-0.1, -0.05) is 53.6 Å². The number of nitrogens with zero attached hydrogens (tertiary/aromatic N) is 6. The maximum atomic E-state index is 12.8. The van der Waals surface area contributed by atoms with E-state index >= 15 is 0 Å². The first-order valence-electron chi connectivity index (χ1n) is 22.6. The van der Waals surface area contributed by atoms with Gasteiger partial charge in [-0.15, -0.1) is 0 Å². The summed E-state index contributed by atoms with van der Waals surface area (Å²) in [4.78, 5) is 25.2. The largest absolute Gasteiger partial charge is 0.744 e. The predicted octanol–water partition coefficient (Wildman–Crippen LogP) is 6.33. The molecule has 0 radical (unpaired) electrons. The maximum absolute atomic E-state index is 12.8. The van der Waals surface area contributed by atoms with Gasteiger partial charge in [0.1, 0.15) is 44.1 Å². The van der Waals surface area contributed by atoms with Crippen molar-refractivity contribution in [3.63, 3.8) is 0 Å². The highest BCUT2D eigenvalue weighted by atomic mass is 32.2. The van der Waals surface area contributed by atoms with E-state index in [9.17, 15) is 35.5 Å². The molecule has 0 aliphatic carbocycles. The summed E-state index contributed by atoms with van der Waals surface area (Å²) in [7, 11) is -4.52. The molecule has 2 N–H and O–H groups in total. The number of aromatic nitrogens is 4. The van der Waals surface area contributed by atoms with Crippen molar-refractivity contribution in [1.82, 2.24) is 20.0 Å². The monoisotopic (exact) mass is 1030 g/mol. The molecule has 9 aromatic rings. The molecule has 5 aromatic carbocycles. The number of aryl methyl sites for hydroxylation is 4. The van der Waals surface area contributed by atoms with Crippen LogP contribution >= 0.6 is 0 Å². The third-order valence-corrected chi connectivity index (χ3v) is 12.9. The highest BCUT2D eigenvalue weighted by Crippen LogP contribution is 2.17. The van der Waals surface area contributed by atoms with E-state index in [4.69, 9.17) is 9.47 Å². The molecule has 0 aliphatic heterocycles. The number of benzene rings is 5. The van der Waals surface area contributed by atoms with Crippen LogP contribution in [0.2, 0.25) is 0 Å². The van der Waals surface area contributed by atoms with Gasteiger partial charge in [0.15, 0.2) is 24.6 Å². The van der Waals surface area contributed by atoms with E-state index in [2.05, 4.69) is 39.0 Å². The topological polar surface area (TPSA) is 234 Å². The quantitative estimate of drug-likeness (QED) is 0.0532. The van der Waals surface area contributed by atoms with Crippen LogP contribution in [0.15, 0.2) is 203 Å². The predicted molar refractivity (Wildman–Crippen MR) is 274 cm³/mol. The fourth-order valence-electron chi connectivity index (χ4n) is 7.02. The zero-order chi connectivity index (χ0) is 52.8. The Labute approximate surface area is 427 Å². The van der Waals surface area contributed by atoms with Crippen LogP contribution in [0.25, 0.3) is 11.3 Å². The molecule has 4 heterocycles. The number of carbonyl (C=O) groups is 2. The number of ether oxygens (including phenoxy) is 2. The van der Waals surface area contributed by atoms with Crippen LogP contribution in [0, 0.1) is 13.8 Å². The first-order valence-corrected chi connectivity index (χ1v) is 25.4. The first kappa shape index (κ1) is 53.0. The molecule has 2 amide bonds. The molecule has 4 aromatic heterocycles. The van der Waals surface area contributed by atoms with Crippen molar-refractivity contribution in [2.45, 2.75) is 36.9 Å². The molecule has 9 rings (SSSR count). The molecule has 74 heavy (non-hydrogen) atoms. The number of hydrazone groups is 2. The molecule has 20 heteroatoms. The first-order chi connectivity index (χ1) is 35.4. The Balaban J connectivity index is 0.000000299. The second kappa shape index (κ2) is 24.1. The van der Waals surface area contributed by atoms with E-state index in [0.717, 1.165) is 44.9 Å². The molecule has 0 atom stereocenters. The summed E-state index contributed by atoms with van der Waals surface area (Å²) < 4.78 is 82.6. The van der Waals surface area contributed by atoms with Crippen molar-refractivity contribution >= 4 is 55.8 Å². The lowest BCUT2D eigenvalue weighted by atomic mass is 10.1. The minimum absolute atomic E-state index is 0.178. The molecule has 0 saturated carbocycles. The van der Waals surface area contributed by atoms with E-state index < -0.39 is 32.1 Å². The van der Waals surface area contributed by atoms with Crippen LogP contribution in [0.4, 0.5) is 0 Å². The number of hydrogen-bond donors (Lipinski definition) is 2. The standard InChI is InChI=1S/C40H34N8O4.2C7H8O3S/c1-45-33(25-47-20-5-3-10-37(45)47)27-51-35-16-12-29(13-17-35)23-41-43-39(49)31-8-7-9-32(22-31)40(50)44-42-24-30-14-18-36(19-15-30)52-28-34-26-48-21-6-4-11-38(48)46(34)2;2*1-6-2-4-7(5-3-6)11(8,9)10/h3-26H,27-28H2,1-2H3;2*2-5H,1H3,(H,8,9,10)/b41-23+,42-24+;;. The van der Waals surface area contributed by atoms with Crippen LogP contribution in [0.5, 0.6) is 11.5 Å². The average Bonchev–Trinajstić information content (AvgIpc) is 3.90. The second-order valence-corrected chi connectivity index (χ2v) is 19.3. The van der Waals surface area contributed by atoms with Gasteiger partial charge in [-0.2, -0.15) is 10.2 Å². The summed E-state index contributed by atoms with van der Waals surface area (Å²) in [5.41, 5.74) is 13.2. The zero-order valence-corrected chi connectivity index (χ0v) is 42.1. The number of fused-ring (bicyclic) bond motifs is 2. The third-order valence-electron chi connectivity index (χ3n) is 11.2. The molecule has 0 bridgehead atoms. The Hall–Kier alpha value is -8.82. The Morgan fingerprint density at radius 1 is 0.541 bits per heavy atom. The lowest BCUT2D eigenvalue weighted by Crippen LogP contribution is -2.20. The highest BCUT2D eigenvalue weighted by molar-refractivity contribution is 7.86. The highest BCUT2D eigenvalue weighted by Gasteiger charge is 2.16. The number of rotatable bonds is 14. The summed E-state index contributed by atoms with van der Waals surface area (Å²) in [6.45, 7) is 4.48. The van der Waals surface area contributed by atoms with E-state index in [1.807, 2.05) is 138 Å². The van der Waals surface area contributed by atoms with Gasteiger partial charge in [0, 0.05) is 23.3 Å². The van der Waals surface area contributed by atoms with E-state index in [1.54, 1.807) is 42.5 Å².